The highest BCUT2D eigenvalue weighted by molar-refractivity contribution is 5.14. The molecule has 0 nitrogen and oxygen atoms in total. The summed E-state index contributed by atoms with van der Waals surface area (Å²) in [4.78, 5) is 0. The van der Waals surface area contributed by atoms with Crippen LogP contribution < -0.4 is 0 Å². The van der Waals surface area contributed by atoms with E-state index in [1.54, 1.807) is 0 Å². The van der Waals surface area contributed by atoms with Crippen molar-refractivity contribution in [1.29, 1.82) is 0 Å². The number of hydrogen-bond donors (Lipinski definition) is 0. The van der Waals surface area contributed by atoms with Gasteiger partial charge in [0, 0.05) is 0 Å². The molecule has 0 saturated carbocycles. The normalized spacial score (nSPS) is 13.3. The molecule has 0 aliphatic heterocycles. The molecule has 0 saturated heterocycles. The Kier molecular flexibility index (Phi) is 2.93. The van der Waals surface area contributed by atoms with Gasteiger partial charge < -0.3 is 0 Å². The number of rotatable bonds is 2. The molecule has 0 bridgehead atoms. The first-order valence-corrected chi connectivity index (χ1v) is 4.41. The summed E-state index contributed by atoms with van der Waals surface area (Å²) in [5.74, 6) is 0. The van der Waals surface area contributed by atoms with Crippen LogP contribution in [0, 0.1) is 10.8 Å². The van der Waals surface area contributed by atoms with Crippen LogP contribution >= 0.6 is 0 Å². The SMILES string of the molecule is C=C(C(C)(C)C)C(C)(C)CC. The quantitative estimate of drug-likeness (QED) is 0.527. The molecule has 0 radical (unpaired) electrons. The van der Waals surface area contributed by atoms with Gasteiger partial charge in [-0.05, 0) is 17.3 Å². The molecular formula is C11H22. The first kappa shape index (κ1) is 10.7. The highest BCUT2D eigenvalue weighted by Gasteiger charge is 2.27. The minimum Gasteiger partial charge on any atom is -0.0988 e. The fraction of sp³-hybridized carbons (Fsp3) is 0.818. The van der Waals surface area contributed by atoms with E-state index >= 15 is 0 Å². The standard InChI is InChI=1S/C11H22/c1-8-11(6,7)9(2)10(3,4)5/h2,8H2,1,3-7H3. The summed E-state index contributed by atoms with van der Waals surface area (Å²) in [6.07, 6.45) is 1.17. The van der Waals surface area contributed by atoms with E-state index in [1.807, 2.05) is 0 Å². The maximum atomic E-state index is 4.17. The van der Waals surface area contributed by atoms with Crippen molar-refractivity contribution in [2.75, 3.05) is 0 Å². The average molecular weight is 154 g/mol. The fourth-order valence-electron chi connectivity index (χ4n) is 1.23. The van der Waals surface area contributed by atoms with Gasteiger partial charge >= 0.3 is 0 Å². The topological polar surface area (TPSA) is 0 Å². The van der Waals surface area contributed by atoms with Crippen LogP contribution in [0.1, 0.15) is 48.0 Å². The Hall–Kier alpha value is -0.260. The van der Waals surface area contributed by atoms with Crippen LogP contribution in [0.4, 0.5) is 0 Å². The van der Waals surface area contributed by atoms with Gasteiger partial charge in [0.1, 0.15) is 0 Å². The summed E-state index contributed by atoms with van der Waals surface area (Å²) in [5, 5.41) is 0. The van der Waals surface area contributed by atoms with Crippen molar-refractivity contribution in [2.45, 2.75) is 48.0 Å². The Morgan fingerprint density at radius 2 is 1.45 bits per heavy atom. The van der Waals surface area contributed by atoms with E-state index in [0.29, 0.717) is 0 Å². The molecule has 0 N–H and O–H groups in total. The summed E-state index contributed by atoms with van der Waals surface area (Å²) >= 11 is 0. The highest BCUT2D eigenvalue weighted by Crippen LogP contribution is 2.39. The van der Waals surface area contributed by atoms with Crippen LogP contribution in [-0.4, -0.2) is 0 Å². The monoisotopic (exact) mass is 154 g/mol. The molecule has 0 atom stereocenters. The lowest BCUT2D eigenvalue weighted by atomic mass is 9.70. The molecule has 66 valence electrons. The van der Waals surface area contributed by atoms with Gasteiger partial charge in [0.25, 0.3) is 0 Å². The van der Waals surface area contributed by atoms with Gasteiger partial charge in [0.2, 0.25) is 0 Å². The fourth-order valence-corrected chi connectivity index (χ4v) is 1.23. The molecule has 11 heavy (non-hydrogen) atoms. The van der Waals surface area contributed by atoms with Gasteiger partial charge in [-0.1, -0.05) is 53.7 Å². The van der Waals surface area contributed by atoms with Crippen molar-refractivity contribution >= 4 is 0 Å². The van der Waals surface area contributed by atoms with Crippen molar-refractivity contribution in [3.63, 3.8) is 0 Å². The van der Waals surface area contributed by atoms with Crippen molar-refractivity contribution in [3.05, 3.63) is 12.2 Å². The minimum atomic E-state index is 0.250. The Morgan fingerprint density at radius 1 is 1.09 bits per heavy atom. The van der Waals surface area contributed by atoms with Crippen molar-refractivity contribution in [1.82, 2.24) is 0 Å². The molecule has 0 unspecified atom stereocenters. The van der Waals surface area contributed by atoms with Crippen LogP contribution in [0.3, 0.4) is 0 Å². The van der Waals surface area contributed by atoms with Crippen LogP contribution in [0.25, 0.3) is 0 Å². The second-order valence-corrected chi connectivity index (χ2v) is 4.97. The molecule has 0 fully saturated rings. The summed E-state index contributed by atoms with van der Waals surface area (Å²) in [6.45, 7) is 17.6. The molecule has 0 aromatic heterocycles. The van der Waals surface area contributed by atoms with Crippen LogP contribution in [0.2, 0.25) is 0 Å². The molecule has 0 aliphatic carbocycles. The molecule has 0 aromatic rings. The molecule has 0 heterocycles. The van der Waals surface area contributed by atoms with E-state index in [1.165, 1.54) is 12.0 Å². The molecular weight excluding hydrogens is 132 g/mol. The second-order valence-electron chi connectivity index (χ2n) is 4.97. The zero-order valence-corrected chi connectivity index (χ0v) is 8.91. The average Bonchev–Trinajstić information content (AvgIpc) is 1.84. The summed E-state index contributed by atoms with van der Waals surface area (Å²) in [7, 11) is 0. The molecule has 0 heteroatoms. The van der Waals surface area contributed by atoms with Crippen molar-refractivity contribution < 1.29 is 0 Å². The highest BCUT2D eigenvalue weighted by atomic mass is 14.3. The predicted octanol–water partition coefficient (Wildman–Crippen LogP) is 4.02. The first-order chi connectivity index (χ1) is 4.72. The number of allylic oxidation sites excluding steroid dienone is 1. The lowest BCUT2D eigenvalue weighted by molar-refractivity contribution is 0.329. The van der Waals surface area contributed by atoms with Gasteiger partial charge in [0.05, 0.1) is 0 Å². The van der Waals surface area contributed by atoms with Crippen molar-refractivity contribution in [2.24, 2.45) is 10.8 Å². The van der Waals surface area contributed by atoms with Gasteiger partial charge in [-0.2, -0.15) is 0 Å². The van der Waals surface area contributed by atoms with Crippen molar-refractivity contribution in [3.8, 4) is 0 Å². The third-order valence-corrected chi connectivity index (χ3v) is 2.61. The molecule has 0 aliphatic rings. The van der Waals surface area contributed by atoms with Gasteiger partial charge in [-0.15, -0.1) is 0 Å². The van der Waals surface area contributed by atoms with Crippen LogP contribution in [0.15, 0.2) is 12.2 Å². The van der Waals surface area contributed by atoms with Gasteiger partial charge in [-0.25, -0.2) is 0 Å². The van der Waals surface area contributed by atoms with E-state index in [2.05, 4.69) is 48.1 Å². The van der Waals surface area contributed by atoms with E-state index in [4.69, 9.17) is 0 Å². The molecule has 0 spiro atoms. The first-order valence-electron chi connectivity index (χ1n) is 4.41. The predicted molar refractivity (Wildman–Crippen MR) is 52.7 cm³/mol. The summed E-state index contributed by atoms with van der Waals surface area (Å²) in [6, 6.07) is 0. The Labute approximate surface area is 71.7 Å². The lowest BCUT2D eigenvalue weighted by Crippen LogP contribution is -2.23. The zero-order chi connectivity index (χ0) is 9.28. The Balaban J connectivity index is 4.50. The maximum Gasteiger partial charge on any atom is -0.0145 e. The molecule has 0 aromatic carbocycles. The zero-order valence-electron chi connectivity index (χ0n) is 8.91. The van der Waals surface area contributed by atoms with Crippen LogP contribution in [0.5, 0.6) is 0 Å². The van der Waals surface area contributed by atoms with Gasteiger partial charge in [0.15, 0.2) is 0 Å². The van der Waals surface area contributed by atoms with E-state index in [9.17, 15) is 0 Å². The molecule has 0 amide bonds. The van der Waals surface area contributed by atoms with E-state index < -0.39 is 0 Å². The third-order valence-electron chi connectivity index (χ3n) is 2.61. The smallest absolute Gasteiger partial charge is 0.0145 e. The third kappa shape index (κ3) is 2.69. The Morgan fingerprint density at radius 3 is 1.55 bits per heavy atom. The second kappa shape index (κ2) is 3.00. The summed E-state index contributed by atoms with van der Waals surface area (Å²) in [5.41, 5.74) is 1.89. The molecule has 0 rings (SSSR count). The maximum absolute atomic E-state index is 4.17. The number of hydrogen-bond acceptors (Lipinski definition) is 0. The lowest BCUT2D eigenvalue weighted by Gasteiger charge is -2.35. The van der Waals surface area contributed by atoms with E-state index in [-0.39, 0.29) is 10.8 Å². The minimum absolute atomic E-state index is 0.250. The summed E-state index contributed by atoms with van der Waals surface area (Å²) < 4.78 is 0. The van der Waals surface area contributed by atoms with Crippen LogP contribution in [-0.2, 0) is 0 Å². The van der Waals surface area contributed by atoms with Gasteiger partial charge in [-0.3, -0.25) is 0 Å². The largest absolute Gasteiger partial charge is 0.0988 e. The van der Waals surface area contributed by atoms with E-state index in [0.717, 1.165) is 0 Å². The Bertz CT molecular complexity index is 144.